The highest BCUT2D eigenvalue weighted by Gasteiger charge is 2.41. The minimum atomic E-state index is 0. The Bertz CT molecular complexity index is 567. The van der Waals surface area contributed by atoms with E-state index in [1.54, 1.807) is 0 Å². The number of rotatable bonds is 7. The minimum Gasteiger partial charge on any atom is -0.377 e. The SMILES string of the molecule is CCCOCc1ccccc1CNC(=NC)NC1CC2CCC1O2.I. The van der Waals surface area contributed by atoms with Crippen molar-refractivity contribution in [1.82, 2.24) is 10.6 Å². The van der Waals surface area contributed by atoms with Gasteiger partial charge in [0.15, 0.2) is 5.96 Å². The van der Waals surface area contributed by atoms with Crippen LogP contribution in [0.15, 0.2) is 29.3 Å². The number of hydrogen-bond donors (Lipinski definition) is 2. The zero-order valence-corrected chi connectivity index (χ0v) is 17.5. The van der Waals surface area contributed by atoms with Crippen molar-refractivity contribution >= 4 is 29.9 Å². The zero-order valence-electron chi connectivity index (χ0n) is 15.2. The molecule has 1 aromatic carbocycles. The fraction of sp³-hybridized carbons (Fsp3) is 0.632. The largest absolute Gasteiger partial charge is 0.377 e. The Balaban J connectivity index is 0.00000225. The van der Waals surface area contributed by atoms with Gasteiger partial charge in [-0.05, 0) is 36.8 Å². The van der Waals surface area contributed by atoms with Crippen LogP contribution < -0.4 is 10.6 Å². The van der Waals surface area contributed by atoms with Crippen LogP contribution in [0.5, 0.6) is 0 Å². The zero-order chi connectivity index (χ0) is 16.8. The lowest BCUT2D eigenvalue weighted by atomic mass is 9.96. The fourth-order valence-corrected chi connectivity index (χ4v) is 3.54. The summed E-state index contributed by atoms with van der Waals surface area (Å²) < 4.78 is 11.6. The molecule has 0 radical (unpaired) electrons. The van der Waals surface area contributed by atoms with Crippen molar-refractivity contribution in [3.05, 3.63) is 35.4 Å². The van der Waals surface area contributed by atoms with Crippen LogP contribution in [0.3, 0.4) is 0 Å². The van der Waals surface area contributed by atoms with E-state index in [1.807, 2.05) is 7.05 Å². The summed E-state index contributed by atoms with van der Waals surface area (Å²) >= 11 is 0. The third-order valence-corrected chi connectivity index (χ3v) is 4.82. The maximum Gasteiger partial charge on any atom is 0.191 e. The molecule has 0 aliphatic carbocycles. The Morgan fingerprint density at radius 3 is 2.72 bits per heavy atom. The van der Waals surface area contributed by atoms with E-state index >= 15 is 0 Å². The smallest absolute Gasteiger partial charge is 0.191 e. The first-order valence-electron chi connectivity index (χ1n) is 9.07. The molecule has 3 unspecified atom stereocenters. The predicted molar refractivity (Wildman–Crippen MR) is 111 cm³/mol. The lowest BCUT2D eigenvalue weighted by Gasteiger charge is -2.23. The molecule has 0 saturated carbocycles. The summed E-state index contributed by atoms with van der Waals surface area (Å²) in [7, 11) is 1.82. The van der Waals surface area contributed by atoms with E-state index in [-0.39, 0.29) is 24.0 Å². The summed E-state index contributed by atoms with van der Waals surface area (Å²) in [6.07, 6.45) is 5.30. The molecule has 2 saturated heterocycles. The number of benzene rings is 1. The van der Waals surface area contributed by atoms with Crippen LogP contribution in [0.25, 0.3) is 0 Å². The molecule has 2 heterocycles. The van der Waals surface area contributed by atoms with E-state index < -0.39 is 0 Å². The highest BCUT2D eigenvalue weighted by Crippen LogP contribution is 2.34. The second-order valence-electron chi connectivity index (χ2n) is 6.61. The fourth-order valence-electron chi connectivity index (χ4n) is 3.54. The Hall–Kier alpha value is -0.860. The van der Waals surface area contributed by atoms with Gasteiger partial charge in [0.1, 0.15) is 0 Å². The number of halogens is 1. The van der Waals surface area contributed by atoms with Gasteiger partial charge in [-0.3, -0.25) is 4.99 Å². The molecule has 0 spiro atoms. The monoisotopic (exact) mass is 459 g/mol. The molecule has 3 rings (SSSR count). The van der Waals surface area contributed by atoms with Gasteiger partial charge in [-0.25, -0.2) is 0 Å². The van der Waals surface area contributed by atoms with Gasteiger partial charge in [0.05, 0.1) is 24.9 Å². The third kappa shape index (κ3) is 5.56. The number of aliphatic imine (C=N–C) groups is 1. The average molecular weight is 459 g/mol. The van der Waals surface area contributed by atoms with E-state index in [0.717, 1.165) is 38.4 Å². The maximum atomic E-state index is 5.91. The maximum absolute atomic E-state index is 5.91. The average Bonchev–Trinajstić information content (AvgIpc) is 3.22. The first kappa shape index (κ1) is 20.5. The molecule has 0 amide bonds. The third-order valence-electron chi connectivity index (χ3n) is 4.82. The Kier molecular flexibility index (Phi) is 8.45. The summed E-state index contributed by atoms with van der Waals surface area (Å²) in [6, 6.07) is 8.80. The second-order valence-corrected chi connectivity index (χ2v) is 6.61. The van der Waals surface area contributed by atoms with E-state index in [1.165, 1.54) is 17.5 Å². The molecule has 3 atom stereocenters. The Morgan fingerprint density at radius 2 is 2.08 bits per heavy atom. The van der Waals surface area contributed by atoms with Crippen molar-refractivity contribution in [3.63, 3.8) is 0 Å². The quantitative estimate of drug-likeness (QED) is 0.285. The van der Waals surface area contributed by atoms with Gasteiger partial charge < -0.3 is 20.1 Å². The van der Waals surface area contributed by atoms with Crippen LogP contribution in [0, 0.1) is 0 Å². The number of ether oxygens (including phenoxy) is 2. The van der Waals surface area contributed by atoms with Crippen molar-refractivity contribution in [2.24, 2.45) is 4.99 Å². The van der Waals surface area contributed by atoms with Crippen molar-refractivity contribution in [1.29, 1.82) is 0 Å². The molecule has 5 nitrogen and oxygen atoms in total. The van der Waals surface area contributed by atoms with Crippen molar-refractivity contribution in [2.75, 3.05) is 13.7 Å². The van der Waals surface area contributed by atoms with Gasteiger partial charge >= 0.3 is 0 Å². The number of hydrogen-bond acceptors (Lipinski definition) is 3. The van der Waals surface area contributed by atoms with Gasteiger partial charge in [0.25, 0.3) is 0 Å². The van der Waals surface area contributed by atoms with Crippen molar-refractivity contribution in [3.8, 4) is 0 Å². The molecule has 25 heavy (non-hydrogen) atoms. The number of guanidine groups is 1. The summed E-state index contributed by atoms with van der Waals surface area (Å²) in [5.74, 6) is 0.848. The number of nitrogens with zero attached hydrogens (tertiary/aromatic N) is 1. The first-order chi connectivity index (χ1) is 11.8. The molecule has 2 N–H and O–H groups in total. The van der Waals surface area contributed by atoms with Crippen molar-refractivity contribution < 1.29 is 9.47 Å². The van der Waals surface area contributed by atoms with Crippen molar-refractivity contribution in [2.45, 2.75) is 64.0 Å². The Morgan fingerprint density at radius 1 is 1.28 bits per heavy atom. The van der Waals surface area contributed by atoms with Crippen LogP contribution in [-0.4, -0.2) is 37.9 Å². The van der Waals surface area contributed by atoms with Gasteiger partial charge in [-0.2, -0.15) is 0 Å². The second kappa shape index (κ2) is 10.3. The van der Waals surface area contributed by atoms with E-state index in [2.05, 4.69) is 46.8 Å². The van der Waals surface area contributed by atoms with E-state index in [4.69, 9.17) is 9.47 Å². The lowest BCUT2D eigenvalue weighted by Crippen LogP contribution is -2.47. The van der Waals surface area contributed by atoms with Crippen LogP contribution in [0.1, 0.15) is 43.7 Å². The van der Waals surface area contributed by atoms with Crippen LogP contribution in [0.2, 0.25) is 0 Å². The normalized spacial score (nSPS) is 24.9. The molecular weight excluding hydrogens is 429 g/mol. The molecule has 2 fully saturated rings. The molecule has 2 aliphatic heterocycles. The molecule has 6 heteroatoms. The summed E-state index contributed by atoms with van der Waals surface area (Å²) in [5, 5.41) is 6.95. The van der Waals surface area contributed by atoms with Crippen LogP contribution in [0.4, 0.5) is 0 Å². The molecule has 0 aromatic heterocycles. The van der Waals surface area contributed by atoms with Gasteiger partial charge in [0.2, 0.25) is 0 Å². The standard InChI is InChI=1S/C19H29N3O2.HI/c1-3-10-23-13-15-7-5-4-6-14(15)12-21-19(20-2)22-17-11-16-8-9-18(17)24-16;/h4-7,16-18H,3,8-13H2,1-2H3,(H2,20,21,22);1H. The highest BCUT2D eigenvalue weighted by atomic mass is 127. The van der Waals surface area contributed by atoms with Crippen LogP contribution >= 0.6 is 24.0 Å². The molecular formula is C19H30IN3O2. The molecule has 2 bridgehead atoms. The van der Waals surface area contributed by atoms with Gasteiger partial charge in [-0.1, -0.05) is 31.2 Å². The highest BCUT2D eigenvalue weighted by molar-refractivity contribution is 14.0. The minimum absolute atomic E-state index is 0. The predicted octanol–water partition coefficient (Wildman–Crippen LogP) is 3.22. The molecule has 140 valence electrons. The van der Waals surface area contributed by atoms with Gasteiger partial charge in [0, 0.05) is 20.2 Å². The molecule has 2 aliphatic rings. The van der Waals surface area contributed by atoms with Crippen LogP contribution in [-0.2, 0) is 22.6 Å². The van der Waals surface area contributed by atoms with E-state index in [0.29, 0.717) is 24.9 Å². The first-order valence-corrected chi connectivity index (χ1v) is 9.07. The lowest BCUT2D eigenvalue weighted by molar-refractivity contribution is 0.0992. The summed E-state index contributed by atoms with van der Waals surface area (Å²) in [6.45, 7) is 4.34. The topological polar surface area (TPSA) is 54.9 Å². The Labute approximate surface area is 168 Å². The number of nitrogens with one attached hydrogen (secondary N) is 2. The van der Waals surface area contributed by atoms with E-state index in [9.17, 15) is 0 Å². The number of fused-ring (bicyclic) bond motifs is 2. The summed E-state index contributed by atoms with van der Waals surface area (Å²) in [4.78, 5) is 4.36. The van der Waals surface area contributed by atoms with Gasteiger partial charge in [-0.15, -0.1) is 24.0 Å². The molecule has 1 aromatic rings. The summed E-state index contributed by atoms with van der Waals surface area (Å²) in [5.41, 5.74) is 2.48.